The van der Waals surface area contributed by atoms with Gasteiger partial charge in [-0.05, 0) is 38.5 Å². The lowest BCUT2D eigenvalue weighted by atomic mass is 9.96. The standard InChI is InChI=1S/C17H27N3O/c1-12(2)17(21)19-8-4-5-14(10-19)11-20-13(3)9-18-16(20)15-6-7-15/h9,12,14-15H,4-8,10-11H2,1-3H3. The van der Waals surface area contributed by atoms with Gasteiger partial charge in [-0.3, -0.25) is 4.79 Å². The Labute approximate surface area is 127 Å². The molecule has 1 aromatic rings. The summed E-state index contributed by atoms with van der Waals surface area (Å²) in [6, 6.07) is 0. The second-order valence-corrected chi connectivity index (χ2v) is 7.09. The molecule has 1 aliphatic carbocycles. The van der Waals surface area contributed by atoms with E-state index in [2.05, 4.69) is 21.4 Å². The topological polar surface area (TPSA) is 38.1 Å². The van der Waals surface area contributed by atoms with Crippen molar-refractivity contribution in [2.75, 3.05) is 13.1 Å². The highest BCUT2D eigenvalue weighted by Gasteiger charge is 2.31. The quantitative estimate of drug-likeness (QED) is 0.854. The molecule has 1 aromatic heterocycles. The van der Waals surface area contributed by atoms with Gasteiger partial charge in [0.2, 0.25) is 5.91 Å². The number of nitrogens with zero attached hydrogens (tertiary/aromatic N) is 3. The molecule has 1 saturated carbocycles. The van der Waals surface area contributed by atoms with E-state index in [4.69, 9.17) is 0 Å². The minimum atomic E-state index is 0.112. The second-order valence-electron chi connectivity index (χ2n) is 7.09. The smallest absolute Gasteiger partial charge is 0.225 e. The molecule has 1 unspecified atom stereocenters. The first-order chi connectivity index (χ1) is 10.1. The molecule has 4 heteroatoms. The van der Waals surface area contributed by atoms with E-state index in [9.17, 15) is 4.79 Å². The molecule has 1 atom stereocenters. The van der Waals surface area contributed by atoms with Gasteiger partial charge in [0.1, 0.15) is 5.82 Å². The van der Waals surface area contributed by atoms with Gasteiger partial charge in [-0.2, -0.15) is 0 Å². The molecule has 0 aromatic carbocycles. The number of hydrogen-bond donors (Lipinski definition) is 0. The summed E-state index contributed by atoms with van der Waals surface area (Å²) in [4.78, 5) is 18.9. The largest absolute Gasteiger partial charge is 0.342 e. The average molecular weight is 289 g/mol. The van der Waals surface area contributed by atoms with E-state index < -0.39 is 0 Å². The summed E-state index contributed by atoms with van der Waals surface area (Å²) in [5, 5.41) is 0. The molecule has 0 N–H and O–H groups in total. The minimum Gasteiger partial charge on any atom is -0.342 e. The van der Waals surface area contributed by atoms with Crippen LogP contribution in [0, 0.1) is 18.8 Å². The Morgan fingerprint density at radius 2 is 2.14 bits per heavy atom. The van der Waals surface area contributed by atoms with Crippen LogP contribution >= 0.6 is 0 Å². The Balaban J connectivity index is 1.67. The van der Waals surface area contributed by atoms with Crippen molar-refractivity contribution in [3.8, 4) is 0 Å². The fourth-order valence-corrected chi connectivity index (χ4v) is 3.42. The zero-order valence-electron chi connectivity index (χ0n) is 13.5. The maximum absolute atomic E-state index is 12.2. The molecule has 116 valence electrons. The number of carbonyl (C=O) groups is 1. The summed E-state index contributed by atoms with van der Waals surface area (Å²) in [7, 11) is 0. The molecule has 1 saturated heterocycles. The van der Waals surface area contributed by atoms with Crippen LogP contribution in [0.5, 0.6) is 0 Å². The third-order valence-electron chi connectivity index (χ3n) is 4.79. The molecule has 2 aliphatic rings. The average Bonchev–Trinajstić information content (AvgIpc) is 3.25. The van der Waals surface area contributed by atoms with Gasteiger partial charge >= 0.3 is 0 Å². The van der Waals surface area contributed by atoms with Crippen molar-refractivity contribution in [3.63, 3.8) is 0 Å². The van der Waals surface area contributed by atoms with E-state index in [-0.39, 0.29) is 5.92 Å². The summed E-state index contributed by atoms with van der Waals surface area (Å²) in [5.41, 5.74) is 1.27. The minimum absolute atomic E-state index is 0.112. The van der Waals surface area contributed by atoms with Crippen molar-refractivity contribution in [2.45, 2.75) is 58.9 Å². The molecule has 0 spiro atoms. The fraction of sp³-hybridized carbons (Fsp3) is 0.765. The predicted molar refractivity (Wildman–Crippen MR) is 83.1 cm³/mol. The van der Waals surface area contributed by atoms with Crippen molar-refractivity contribution >= 4 is 5.91 Å². The lowest BCUT2D eigenvalue weighted by molar-refractivity contribution is -0.136. The van der Waals surface area contributed by atoms with Gasteiger partial charge in [0.05, 0.1) is 0 Å². The highest BCUT2D eigenvalue weighted by molar-refractivity contribution is 5.78. The zero-order chi connectivity index (χ0) is 15.0. The summed E-state index contributed by atoms with van der Waals surface area (Å²) in [6.07, 6.45) is 6.95. The van der Waals surface area contributed by atoms with Gasteiger partial charge in [-0.25, -0.2) is 4.98 Å². The maximum Gasteiger partial charge on any atom is 0.225 e. The molecular formula is C17H27N3O. The molecule has 21 heavy (non-hydrogen) atoms. The Kier molecular flexibility index (Phi) is 4.05. The highest BCUT2D eigenvalue weighted by Crippen LogP contribution is 2.40. The van der Waals surface area contributed by atoms with Crippen LogP contribution < -0.4 is 0 Å². The Bertz CT molecular complexity index is 516. The third-order valence-corrected chi connectivity index (χ3v) is 4.79. The molecule has 1 amide bonds. The van der Waals surface area contributed by atoms with Crippen LogP contribution in [-0.2, 0) is 11.3 Å². The Morgan fingerprint density at radius 1 is 1.38 bits per heavy atom. The number of likely N-dealkylation sites (tertiary alicyclic amines) is 1. The van der Waals surface area contributed by atoms with Gasteiger partial charge in [0, 0.05) is 43.4 Å². The number of aryl methyl sites for hydroxylation is 1. The van der Waals surface area contributed by atoms with Crippen molar-refractivity contribution in [1.82, 2.24) is 14.5 Å². The van der Waals surface area contributed by atoms with Crippen molar-refractivity contribution in [3.05, 3.63) is 17.7 Å². The number of rotatable bonds is 4. The van der Waals surface area contributed by atoms with Crippen LogP contribution in [0.15, 0.2) is 6.20 Å². The van der Waals surface area contributed by atoms with E-state index >= 15 is 0 Å². The first-order valence-electron chi connectivity index (χ1n) is 8.37. The van der Waals surface area contributed by atoms with Crippen LogP contribution in [0.1, 0.15) is 57.0 Å². The summed E-state index contributed by atoms with van der Waals surface area (Å²) in [5.74, 6) is 2.97. The number of imidazole rings is 1. The van der Waals surface area contributed by atoms with Crippen molar-refractivity contribution in [2.24, 2.45) is 11.8 Å². The first-order valence-corrected chi connectivity index (χ1v) is 8.37. The van der Waals surface area contributed by atoms with Gasteiger partial charge in [0.25, 0.3) is 0 Å². The monoisotopic (exact) mass is 289 g/mol. The molecule has 3 rings (SSSR count). The first kappa shape index (κ1) is 14.6. The fourth-order valence-electron chi connectivity index (χ4n) is 3.42. The molecule has 2 fully saturated rings. The Morgan fingerprint density at radius 3 is 2.81 bits per heavy atom. The van der Waals surface area contributed by atoms with Crippen molar-refractivity contribution in [1.29, 1.82) is 0 Å². The van der Waals surface area contributed by atoms with E-state index in [1.807, 2.05) is 20.0 Å². The number of aromatic nitrogens is 2. The van der Waals surface area contributed by atoms with Gasteiger partial charge < -0.3 is 9.47 Å². The van der Waals surface area contributed by atoms with E-state index in [1.165, 1.54) is 30.8 Å². The predicted octanol–water partition coefficient (Wildman–Crippen LogP) is 2.96. The van der Waals surface area contributed by atoms with Crippen LogP contribution in [0.3, 0.4) is 0 Å². The number of hydrogen-bond acceptors (Lipinski definition) is 2. The number of piperidine rings is 1. The van der Waals surface area contributed by atoms with Gasteiger partial charge in [-0.1, -0.05) is 13.8 Å². The van der Waals surface area contributed by atoms with Crippen molar-refractivity contribution < 1.29 is 4.79 Å². The number of amides is 1. The summed E-state index contributed by atoms with van der Waals surface area (Å²) < 4.78 is 2.41. The van der Waals surface area contributed by atoms with E-state index in [0.29, 0.717) is 17.7 Å². The molecular weight excluding hydrogens is 262 g/mol. The molecule has 0 bridgehead atoms. The molecule has 0 radical (unpaired) electrons. The van der Waals surface area contributed by atoms with Crippen LogP contribution in [0.4, 0.5) is 0 Å². The van der Waals surface area contributed by atoms with Gasteiger partial charge in [0.15, 0.2) is 0 Å². The summed E-state index contributed by atoms with van der Waals surface area (Å²) in [6.45, 7) is 9.03. The van der Waals surface area contributed by atoms with Crippen LogP contribution in [0.2, 0.25) is 0 Å². The number of carbonyl (C=O) groups excluding carboxylic acids is 1. The third kappa shape index (κ3) is 3.14. The summed E-state index contributed by atoms with van der Waals surface area (Å²) >= 11 is 0. The molecule has 2 heterocycles. The maximum atomic E-state index is 12.2. The second kappa shape index (κ2) is 5.82. The van der Waals surface area contributed by atoms with E-state index in [0.717, 1.165) is 26.1 Å². The SMILES string of the molecule is Cc1cnc(C2CC2)n1CC1CCCN(C(=O)C(C)C)C1. The lowest BCUT2D eigenvalue weighted by Gasteiger charge is -2.34. The lowest BCUT2D eigenvalue weighted by Crippen LogP contribution is -2.43. The van der Waals surface area contributed by atoms with Crippen LogP contribution in [0.25, 0.3) is 0 Å². The normalized spacial score (nSPS) is 22.9. The molecule has 4 nitrogen and oxygen atoms in total. The molecule has 1 aliphatic heterocycles. The zero-order valence-corrected chi connectivity index (χ0v) is 13.5. The van der Waals surface area contributed by atoms with Crippen LogP contribution in [-0.4, -0.2) is 33.4 Å². The Hall–Kier alpha value is -1.32. The van der Waals surface area contributed by atoms with E-state index in [1.54, 1.807) is 0 Å². The van der Waals surface area contributed by atoms with Gasteiger partial charge in [-0.15, -0.1) is 0 Å². The highest BCUT2D eigenvalue weighted by atomic mass is 16.2.